The van der Waals surface area contributed by atoms with Gasteiger partial charge in [0.2, 0.25) is 5.91 Å². The number of amides is 1. The van der Waals surface area contributed by atoms with E-state index >= 15 is 8.78 Å². The predicted octanol–water partition coefficient (Wildman–Crippen LogP) is 6.47. The Labute approximate surface area is 253 Å². The molecule has 1 saturated carbocycles. The van der Waals surface area contributed by atoms with Crippen LogP contribution in [0, 0.1) is 23.6 Å². The van der Waals surface area contributed by atoms with Crippen molar-refractivity contribution in [2.75, 3.05) is 6.54 Å². The second-order valence-electron chi connectivity index (χ2n) is 12.1. The molecule has 15 heteroatoms. The molecular formula is C30H29F8NO5S. The highest BCUT2D eigenvalue weighted by Crippen LogP contribution is 2.57. The van der Waals surface area contributed by atoms with Gasteiger partial charge in [0.25, 0.3) is 0 Å². The van der Waals surface area contributed by atoms with E-state index in [2.05, 4.69) is 0 Å². The van der Waals surface area contributed by atoms with Crippen molar-refractivity contribution in [1.82, 2.24) is 4.90 Å². The number of aliphatic carboxylic acids is 1. The summed E-state index contributed by atoms with van der Waals surface area (Å²) in [4.78, 5) is 26.5. The van der Waals surface area contributed by atoms with Crippen molar-refractivity contribution >= 4 is 21.7 Å². The number of carbonyl (C=O) groups is 2. The molecule has 6 nitrogen and oxygen atoms in total. The first-order valence-electron chi connectivity index (χ1n) is 14.3. The molecular weight excluding hydrogens is 638 g/mol. The van der Waals surface area contributed by atoms with Gasteiger partial charge in [0.05, 0.1) is 16.9 Å². The van der Waals surface area contributed by atoms with E-state index in [1.54, 1.807) is 6.92 Å². The van der Waals surface area contributed by atoms with Crippen LogP contribution >= 0.6 is 0 Å². The van der Waals surface area contributed by atoms with Gasteiger partial charge >= 0.3 is 24.0 Å². The van der Waals surface area contributed by atoms with Gasteiger partial charge in [-0.1, -0.05) is 25.1 Å². The van der Waals surface area contributed by atoms with Crippen LogP contribution in [-0.2, 0) is 36.3 Å². The molecule has 246 valence electrons. The van der Waals surface area contributed by atoms with Gasteiger partial charge in [-0.15, -0.1) is 0 Å². The minimum atomic E-state index is -6.59. The van der Waals surface area contributed by atoms with Crippen LogP contribution in [-0.4, -0.2) is 55.2 Å². The molecule has 2 aromatic rings. The molecule has 0 bridgehead atoms. The van der Waals surface area contributed by atoms with Gasteiger partial charge in [-0.2, -0.15) is 26.3 Å². The Kier molecular flexibility index (Phi) is 8.06. The highest BCUT2D eigenvalue weighted by atomic mass is 32.2. The fourth-order valence-electron chi connectivity index (χ4n) is 7.54. The zero-order chi connectivity index (χ0) is 33.3. The number of hydrogen-bond donors (Lipinski definition) is 1. The van der Waals surface area contributed by atoms with Gasteiger partial charge in [-0.25, -0.2) is 17.2 Å². The Balaban J connectivity index is 1.66. The lowest BCUT2D eigenvalue weighted by Crippen LogP contribution is -2.54. The number of carbonyl (C=O) groups excluding carboxylic acids is 1. The van der Waals surface area contributed by atoms with E-state index in [-0.39, 0.29) is 68.0 Å². The zero-order valence-electron chi connectivity index (χ0n) is 23.8. The average molecular weight is 668 g/mol. The van der Waals surface area contributed by atoms with E-state index in [9.17, 15) is 49.5 Å². The number of halogens is 8. The summed E-state index contributed by atoms with van der Waals surface area (Å²) in [6, 6.07) is 5.97. The summed E-state index contributed by atoms with van der Waals surface area (Å²) in [6.07, 6.45) is -13.5. The van der Waals surface area contributed by atoms with Crippen LogP contribution in [0.2, 0.25) is 0 Å². The molecule has 45 heavy (non-hydrogen) atoms. The molecule has 0 aromatic heterocycles. The van der Waals surface area contributed by atoms with Crippen LogP contribution in [0.15, 0.2) is 47.4 Å². The van der Waals surface area contributed by atoms with Crippen molar-refractivity contribution in [3.8, 4) is 0 Å². The number of sulfone groups is 1. The number of nitrogens with zero attached hydrogens (tertiary/aromatic N) is 1. The molecule has 2 aliphatic carbocycles. The smallest absolute Gasteiger partial charge is 0.436 e. The second kappa shape index (κ2) is 10.9. The summed E-state index contributed by atoms with van der Waals surface area (Å²) < 4.78 is 139. The van der Waals surface area contributed by atoms with Crippen molar-refractivity contribution in [2.45, 2.75) is 79.2 Å². The summed E-state index contributed by atoms with van der Waals surface area (Å²) in [5.74, 6) is -5.39. The third kappa shape index (κ3) is 4.91. The number of aryl methyl sites for hydroxylation is 1. The second-order valence-corrected chi connectivity index (χ2v) is 14.3. The lowest BCUT2D eigenvalue weighted by molar-refractivity contribution is -0.349. The van der Waals surface area contributed by atoms with Crippen LogP contribution in [0.5, 0.6) is 0 Å². The van der Waals surface area contributed by atoms with Crippen LogP contribution in [0.3, 0.4) is 0 Å². The molecule has 1 heterocycles. The van der Waals surface area contributed by atoms with E-state index in [1.165, 1.54) is 35.2 Å². The van der Waals surface area contributed by atoms with Gasteiger partial charge < -0.3 is 10.0 Å². The molecule has 0 spiro atoms. The predicted molar refractivity (Wildman–Crippen MR) is 143 cm³/mol. The Morgan fingerprint density at radius 2 is 1.58 bits per heavy atom. The van der Waals surface area contributed by atoms with E-state index in [0.717, 1.165) is 0 Å². The molecule has 1 saturated heterocycles. The fraction of sp³-hybridized carbons (Fsp3) is 0.533. The Morgan fingerprint density at radius 1 is 0.956 bits per heavy atom. The number of carboxylic acid groups (broad SMARTS) is 1. The highest BCUT2D eigenvalue weighted by molar-refractivity contribution is 7.92. The Morgan fingerprint density at radius 3 is 2.13 bits per heavy atom. The topological polar surface area (TPSA) is 91.8 Å². The lowest BCUT2D eigenvalue weighted by Gasteiger charge is -2.44. The van der Waals surface area contributed by atoms with Crippen molar-refractivity contribution in [3.63, 3.8) is 0 Å². The maximum atomic E-state index is 15.5. The Bertz CT molecular complexity index is 1600. The van der Waals surface area contributed by atoms with Gasteiger partial charge in [0, 0.05) is 18.0 Å². The van der Waals surface area contributed by atoms with Gasteiger partial charge in [0.1, 0.15) is 10.6 Å². The largest absolute Gasteiger partial charge is 0.481 e. The molecule has 1 amide bonds. The minimum Gasteiger partial charge on any atom is -0.481 e. The summed E-state index contributed by atoms with van der Waals surface area (Å²) >= 11 is 0. The van der Waals surface area contributed by atoms with Gasteiger partial charge in [-0.3, -0.25) is 9.59 Å². The molecule has 5 rings (SSSR count). The van der Waals surface area contributed by atoms with Gasteiger partial charge in [0.15, 0.2) is 9.84 Å². The first-order valence-corrected chi connectivity index (χ1v) is 15.8. The van der Waals surface area contributed by atoms with E-state index < -0.39 is 84.9 Å². The SMILES string of the molecule is C[C@H]1C[C@H](C(=O)O)CC[C@H]1C(=O)N1CC[C@@]2(S(=O)(=O)c3ccccc3)c3cc(F)c(C(F)(C(F)(F)F)C(F)(F)F)cc3CC[C@@H]12. The monoisotopic (exact) mass is 667 g/mol. The minimum absolute atomic E-state index is 0.115. The Hall–Kier alpha value is -3.23. The van der Waals surface area contributed by atoms with Crippen molar-refractivity contribution in [3.05, 3.63) is 65.0 Å². The number of rotatable bonds is 5. The van der Waals surface area contributed by atoms with Crippen LogP contribution in [0.25, 0.3) is 0 Å². The van der Waals surface area contributed by atoms with E-state index in [4.69, 9.17) is 0 Å². The molecule has 2 aromatic carbocycles. The number of alkyl halides is 7. The lowest BCUT2D eigenvalue weighted by atomic mass is 9.73. The number of benzene rings is 2. The van der Waals surface area contributed by atoms with Crippen molar-refractivity contribution in [2.24, 2.45) is 17.8 Å². The maximum Gasteiger partial charge on any atom is 0.436 e. The fourth-order valence-corrected chi connectivity index (χ4v) is 9.92. The van der Waals surface area contributed by atoms with Crippen LogP contribution in [0.1, 0.15) is 55.7 Å². The highest BCUT2D eigenvalue weighted by Gasteiger charge is 2.74. The van der Waals surface area contributed by atoms with Crippen LogP contribution < -0.4 is 0 Å². The molecule has 1 N–H and O–H groups in total. The summed E-state index contributed by atoms with van der Waals surface area (Å²) in [5, 5.41) is 9.41. The standard InChI is InChI=1S/C30H29F8NO5S/c1-16-13-18(26(41)42)7-9-20(16)25(40)39-12-11-27(45(43,44)19-5-3-2-4-6-19)21-15-23(31)22(14-17(21)8-10-24(27)39)28(32,29(33,34)35)30(36,37)38/h2-6,14-16,18,20,24H,7-13H2,1H3,(H,41,42)/t16-,18+,20+,24+,27+/m0/s1. The van der Waals surface area contributed by atoms with Crippen molar-refractivity contribution in [1.29, 1.82) is 0 Å². The summed E-state index contributed by atoms with van der Waals surface area (Å²) in [7, 11) is -4.60. The quantitative estimate of drug-likeness (QED) is 0.370. The molecule has 2 fully saturated rings. The zero-order valence-corrected chi connectivity index (χ0v) is 24.6. The third-order valence-corrected chi connectivity index (χ3v) is 12.3. The normalized spacial score (nSPS) is 27.5. The number of fused-ring (bicyclic) bond motifs is 3. The number of carboxylic acids is 1. The maximum absolute atomic E-state index is 15.5. The molecule has 0 unspecified atom stereocenters. The molecule has 5 atom stereocenters. The summed E-state index contributed by atoms with van der Waals surface area (Å²) in [6.45, 7) is 1.53. The van der Waals surface area contributed by atoms with E-state index in [1.807, 2.05) is 0 Å². The third-order valence-electron chi connectivity index (χ3n) is 9.78. The van der Waals surface area contributed by atoms with Crippen molar-refractivity contribution < 1.29 is 58.2 Å². The van der Waals surface area contributed by atoms with E-state index in [0.29, 0.717) is 0 Å². The first kappa shape index (κ1) is 33.1. The molecule has 1 aliphatic heterocycles. The average Bonchev–Trinajstić information content (AvgIpc) is 3.37. The number of likely N-dealkylation sites (tertiary alicyclic amines) is 1. The molecule has 0 radical (unpaired) electrons. The molecule has 3 aliphatic rings. The number of hydrogen-bond acceptors (Lipinski definition) is 4. The van der Waals surface area contributed by atoms with Crippen LogP contribution in [0.4, 0.5) is 35.1 Å². The summed E-state index contributed by atoms with van der Waals surface area (Å²) in [5.41, 5.74) is -9.21. The first-order chi connectivity index (χ1) is 20.8. The van der Waals surface area contributed by atoms with Gasteiger partial charge in [-0.05, 0) is 79.8 Å².